The molecule has 0 aliphatic rings. The first-order valence-electron chi connectivity index (χ1n) is 11.7. The smallest absolute Gasteiger partial charge is 0.343 e. The van der Waals surface area contributed by atoms with Crippen molar-refractivity contribution in [2.24, 2.45) is 5.10 Å². The van der Waals surface area contributed by atoms with Crippen LogP contribution >= 0.6 is 0 Å². The normalized spacial score (nSPS) is 10.6. The zero-order chi connectivity index (χ0) is 26.9. The predicted molar refractivity (Wildman–Crippen MR) is 145 cm³/mol. The highest BCUT2D eigenvalue weighted by Gasteiger charge is 2.14. The highest BCUT2D eigenvalue weighted by atomic mass is 16.5. The first-order chi connectivity index (χ1) is 18.4. The highest BCUT2D eigenvalue weighted by molar-refractivity contribution is 6.09. The van der Waals surface area contributed by atoms with Gasteiger partial charge in [-0.05, 0) is 67.6 Å². The molecular formula is C30H25N3O5. The lowest BCUT2D eigenvalue weighted by Gasteiger charge is -2.10. The summed E-state index contributed by atoms with van der Waals surface area (Å²) in [5, 5.41) is 6.78. The summed E-state index contributed by atoms with van der Waals surface area (Å²) in [7, 11) is 1.54. The Balaban J connectivity index is 1.43. The van der Waals surface area contributed by atoms with Gasteiger partial charge in [0, 0.05) is 11.1 Å². The first kappa shape index (κ1) is 25.8. The van der Waals surface area contributed by atoms with Gasteiger partial charge in [0.2, 0.25) is 0 Å². The number of anilines is 1. The van der Waals surface area contributed by atoms with E-state index in [1.165, 1.54) is 6.21 Å². The van der Waals surface area contributed by atoms with E-state index in [4.69, 9.17) is 9.47 Å². The minimum absolute atomic E-state index is 0.227. The van der Waals surface area contributed by atoms with E-state index in [0.717, 1.165) is 5.56 Å². The summed E-state index contributed by atoms with van der Waals surface area (Å²) in [4.78, 5) is 38.1. The predicted octanol–water partition coefficient (Wildman–Crippen LogP) is 5.24. The van der Waals surface area contributed by atoms with Crippen molar-refractivity contribution in [2.75, 3.05) is 12.4 Å². The number of hydrogen-bond donors (Lipinski definition) is 2. The van der Waals surface area contributed by atoms with E-state index < -0.39 is 11.9 Å². The molecule has 4 aromatic carbocycles. The maximum Gasteiger partial charge on any atom is 0.343 e. The van der Waals surface area contributed by atoms with E-state index in [1.54, 1.807) is 92.0 Å². The van der Waals surface area contributed by atoms with Crippen LogP contribution in [-0.4, -0.2) is 31.1 Å². The molecule has 0 saturated carbocycles. The Hall–Kier alpha value is -5.24. The van der Waals surface area contributed by atoms with Crippen LogP contribution in [0.1, 0.15) is 42.2 Å². The molecule has 0 radical (unpaired) electrons. The number of carbonyl (C=O) groups is 3. The Labute approximate surface area is 219 Å². The van der Waals surface area contributed by atoms with Crippen LogP contribution in [0.5, 0.6) is 11.5 Å². The van der Waals surface area contributed by atoms with E-state index in [-0.39, 0.29) is 11.5 Å². The molecule has 0 saturated heterocycles. The number of para-hydroxylation sites is 2. The SMILES string of the molecule is COc1ccc(C(=O)Nc2ccccc2C(=O)N/N=C\c2ccccc2OC(=O)c2ccc(C)cc2)cc1. The van der Waals surface area contributed by atoms with Crippen molar-refractivity contribution >= 4 is 29.7 Å². The van der Waals surface area contributed by atoms with Crippen molar-refractivity contribution in [3.63, 3.8) is 0 Å². The Morgan fingerprint density at radius 2 is 1.42 bits per heavy atom. The number of hydrazone groups is 1. The molecule has 0 fully saturated rings. The maximum absolute atomic E-state index is 12.9. The highest BCUT2D eigenvalue weighted by Crippen LogP contribution is 2.19. The van der Waals surface area contributed by atoms with Crippen LogP contribution in [0, 0.1) is 6.92 Å². The number of esters is 1. The lowest BCUT2D eigenvalue weighted by molar-refractivity contribution is 0.0734. The van der Waals surface area contributed by atoms with E-state index in [1.807, 2.05) is 19.1 Å². The van der Waals surface area contributed by atoms with E-state index >= 15 is 0 Å². The van der Waals surface area contributed by atoms with Gasteiger partial charge in [-0.1, -0.05) is 42.0 Å². The maximum atomic E-state index is 12.9. The molecule has 8 heteroatoms. The Kier molecular flexibility index (Phi) is 8.25. The van der Waals surface area contributed by atoms with Gasteiger partial charge < -0.3 is 14.8 Å². The molecular weight excluding hydrogens is 482 g/mol. The van der Waals surface area contributed by atoms with Gasteiger partial charge in [0.15, 0.2) is 0 Å². The summed E-state index contributed by atoms with van der Waals surface area (Å²) in [5.41, 5.74) is 5.37. The minimum Gasteiger partial charge on any atom is -0.497 e. The molecule has 0 bridgehead atoms. The number of nitrogens with one attached hydrogen (secondary N) is 2. The van der Waals surface area contributed by atoms with Crippen molar-refractivity contribution in [1.82, 2.24) is 5.43 Å². The summed E-state index contributed by atoms with van der Waals surface area (Å²) in [6.45, 7) is 1.93. The van der Waals surface area contributed by atoms with E-state index in [2.05, 4.69) is 15.8 Å². The Morgan fingerprint density at radius 3 is 2.16 bits per heavy atom. The fourth-order valence-corrected chi connectivity index (χ4v) is 3.48. The lowest BCUT2D eigenvalue weighted by atomic mass is 10.1. The molecule has 190 valence electrons. The number of rotatable bonds is 8. The molecule has 2 amide bonds. The molecule has 2 N–H and O–H groups in total. The van der Waals surface area contributed by atoms with Crippen LogP contribution in [0.2, 0.25) is 0 Å². The number of ether oxygens (including phenoxy) is 2. The number of benzene rings is 4. The molecule has 0 atom stereocenters. The van der Waals surface area contributed by atoms with Crippen molar-refractivity contribution in [1.29, 1.82) is 0 Å². The fourth-order valence-electron chi connectivity index (χ4n) is 3.48. The van der Waals surface area contributed by atoms with Crippen LogP contribution in [-0.2, 0) is 0 Å². The number of hydrogen-bond acceptors (Lipinski definition) is 6. The van der Waals surface area contributed by atoms with Crippen LogP contribution in [0.4, 0.5) is 5.69 Å². The van der Waals surface area contributed by atoms with Gasteiger partial charge in [0.1, 0.15) is 11.5 Å². The number of methoxy groups -OCH3 is 1. The van der Waals surface area contributed by atoms with Crippen molar-refractivity contribution in [3.05, 3.63) is 125 Å². The van der Waals surface area contributed by atoms with Crippen LogP contribution in [0.15, 0.2) is 102 Å². The van der Waals surface area contributed by atoms with Gasteiger partial charge in [-0.15, -0.1) is 0 Å². The minimum atomic E-state index is -0.527. The van der Waals surface area contributed by atoms with Crippen LogP contribution < -0.4 is 20.2 Å². The second-order valence-electron chi connectivity index (χ2n) is 8.22. The molecule has 38 heavy (non-hydrogen) atoms. The zero-order valence-electron chi connectivity index (χ0n) is 20.8. The largest absolute Gasteiger partial charge is 0.497 e. The molecule has 0 heterocycles. The number of amides is 2. The Morgan fingerprint density at radius 1 is 0.763 bits per heavy atom. The number of aryl methyl sites for hydroxylation is 1. The van der Waals surface area contributed by atoms with Gasteiger partial charge >= 0.3 is 5.97 Å². The van der Waals surface area contributed by atoms with E-state index in [9.17, 15) is 14.4 Å². The van der Waals surface area contributed by atoms with Crippen molar-refractivity contribution < 1.29 is 23.9 Å². The molecule has 4 aromatic rings. The Bertz CT molecular complexity index is 1480. The first-order valence-corrected chi connectivity index (χ1v) is 11.7. The molecule has 0 spiro atoms. The third-order valence-corrected chi connectivity index (χ3v) is 5.55. The van der Waals surface area contributed by atoms with Gasteiger partial charge in [-0.25, -0.2) is 10.2 Å². The third kappa shape index (κ3) is 6.50. The van der Waals surface area contributed by atoms with Crippen LogP contribution in [0.25, 0.3) is 0 Å². The molecule has 0 aliphatic carbocycles. The average molecular weight is 508 g/mol. The average Bonchev–Trinajstić information content (AvgIpc) is 2.94. The van der Waals surface area contributed by atoms with E-state index in [0.29, 0.717) is 33.9 Å². The molecule has 4 rings (SSSR count). The van der Waals surface area contributed by atoms with Gasteiger partial charge in [0.05, 0.1) is 30.1 Å². The van der Waals surface area contributed by atoms with Gasteiger partial charge in [-0.2, -0.15) is 5.10 Å². The topological polar surface area (TPSA) is 106 Å². The van der Waals surface area contributed by atoms with Crippen molar-refractivity contribution in [2.45, 2.75) is 6.92 Å². The molecule has 0 unspecified atom stereocenters. The summed E-state index contributed by atoms with van der Waals surface area (Å²) in [5.74, 6) is -0.480. The number of carbonyl (C=O) groups excluding carboxylic acids is 3. The van der Waals surface area contributed by atoms with Crippen molar-refractivity contribution in [3.8, 4) is 11.5 Å². The number of nitrogens with zero attached hydrogens (tertiary/aromatic N) is 1. The molecule has 0 aromatic heterocycles. The third-order valence-electron chi connectivity index (χ3n) is 5.55. The van der Waals surface area contributed by atoms with Gasteiger partial charge in [-0.3, -0.25) is 9.59 Å². The standard InChI is InChI=1S/C30H25N3O5/c1-20-11-13-22(14-12-20)30(36)38-27-10-6-3-7-23(27)19-31-33-29(35)25-8-4-5-9-26(25)32-28(34)21-15-17-24(37-2)18-16-21/h3-19H,1-2H3,(H,32,34)(H,33,35)/b31-19-. The summed E-state index contributed by atoms with van der Waals surface area (Å²) in [6.07, 6.45) is 1.38. The quantitative estimate of drug-likeness (QED) is 0.147. The lowest BCUT2D eigenvalue weighted by Crippen LogP contribution is -2.21. The summed E-state index contributed by atoms with van der Waals surface area (Å²) >= 11 is 0. The fraction of sp³-hybridized carbons (Fsp3) is 0.0667. The molecule has 0 aliphatic heterocycles. The van der Waals surface area contributed by atoms with Gasteiger partial charge in [0.25, 0.3) is 11.8 Å². The second-order valence-corrected chi connectivity index (χ2v) is 8.22. The van der Waals surface area contributed by atoms with Crippen LogP contribution in [0.3, 0.4) is 0 Å². The summed E-state index contributed by atoms with van der Waals surface area (Å²) in [6, 6.07) is 27.1. The summed E-state index contributed by atoms with van der Waals surface area (Å²) < 4.78 is 10.6. The second kappa shape index (κ2) is 12.1. The zero-order valence-corrected chi connectivity index (χ0v) is 20.8. The molecule has 8 nitrogen and oxygen atoms in total. The monoisotopic (exact) mass is 507 g/mol.